The normalized spacial score (nSPS) is 12.5. The fourth-order valence-electron chi connectivity index (χ4n) is 3.12. The van der Waals surface area contributed by atoms with Crippen LogP contribution >= 0.6 is 0 Å². The summed E-state index contributed by atoms with van der Waals surface area (Å²) in [6, 6.07) is 14.0. The molecule has 8 nitrogen and oxygen atoms in total. The van der Waals surface area contributed by atoms with Crippen LogP contribution in [-0.2, 0) is 16.0 Å². The Morgan fingerprint density at radius 2 is 1.43 bits per heavy atom. The van der Waals surface area contributed by atoms with Crippen LogP contribution in [0.15, 0.2) is 48.5 Å². The van der Waals surface area contributed by atoms with E-state index in [1.165, 1.54) is 0 Å². The van der Waals surface area contributed by atoms with Crippen molar-refractivity contribution in [2.75, 3.05) is 26.2 Å². The molecule has 30 heavy (non-hydrogen) atoms. The number of imide groups is 1. The van der Waals surface area contributed by atoms with E-state index in [0.29, 0.717) is 16.9 Å². The first-order chi connectivity index (χ1) is 14.5. The Labute approximate surface area is 174 Å². The van der Waals surface area contributed by atoms with Crippen molar-refractivity contribution >= 4 is 23.6 Å². The Morgan fingerprint density at radius 1 is 0.867 bits per heavy atom. The van der Waals surface area contributed by atoms with Crippen LogP contribution in [0, 0.1) is 0 Å². The average molecular weight is 409 g/mol. The second-order valence-electron chi connectivity index (χ2n) is 6.69. The summed E-state index contributed by atoms with van der Waals surface area (Å²) in [5.74, 6) is -1.08. The maximum atomic E-state index is 12.3. The molecule has 1 aliphatic heterocycles. The van der Waals surface area contributed by atoms with Gasteiger partial charge in [0.15, 0.2) is 6.61 Å². The van der Waals surface area contributed by atoms with Gasteiger partial charge in [0.1, 0.15) is 12.3 Å². The van der Waals surface area contributed by atoms with Gasteiger partial charge in [0.25, 0.3) is 17.7 Å². The quantitative estimate of drug-likeness (QED) is 0.478. The second kappa shape index (κ2) is 9.69. The minimum absolute atomic E-state index is 0.125. The van der Waals surface area contributed by atoms with Gasteiger partial charge in [-0.05, 0) is 30.2 Å². The van der Waals surface area contributed by atoms with E-state index in [-0.39, 0.29) is 32.1 Å². The lowest BCUT2D eigenvalue weighted by atomic mass is 10.1. The maximum Gasteiger partial charge on any atom is 0.262 e. The summed E-state index contributed by atoms with van der Waals surface area (Å²) in [5.41, 5.74) is 1.62. The summed E-state index contributed by atoms with van der Waals surface area (Å²) in [4.78, 5) is 49.4. The monoisotopic (exact) mass is 409 g/mol. The molecule has 0 aromatic heterocycles. The lowest BCUT2D eigenvalue weighted by Gasteiger charge is -2.14. The number of carbonyl (C=O) groups excluding carboxylic acids is 4. The molecule has 0 atom stereocenters. The smallest absolute Gasteiger partial charge is 0.262 e. The van der Waals surface area contributed by atoms with Gasteiger partial charge in [-0.2, -0.15) is 0 Å². The first-order valence-corrected chi connectivity index (χ1v) is 9.70. The molecule has 156 valence electrons. The van der Waals surface area contributed by atoms with E-state index in [1.807, 2.05) is 31.2 Å². The average Bonchev–Trinajstić information content (AvgIpc) is 3.00. The Morgan fingerprint density at radius 3 is 2.07 bits per heavy atom. The Balaban J connectivity index is 1.37. The molecule has 4 amide bonds. The largest absolute Gasteiger partial charge is 0.483 e. The number of benzene rings is 2. The van der Waals surface area contributed by atoms with Crippen LogP contribution in [0.4, 0.5) is 0 Å². The number of rotatable bonds is 9. The van der Waals surface area contributed by atoms with Crippen molar-refractivity contribution in [2.24, 2.45) is 0 Å². The van der Waals surface area contributed by atoms with Gasteiger partial charge >= 0.3 is 0 Å². The molecular formula is C22H23N3O5. The summed E-state index contributed by atoms with van der Waals surface area (Å²) >= 11 is 0. The number of carbonyl (C=O) groups is 4. The van der Waals surface area contributed by atoms with Crippen LogP contribution in [0.1, 0.15) is 33.2 Å². The Kier molecular flexibility index (Phi) is 6.79. The minimum Gasteiger partial charge on any atom is -0.483 e. The summed E-state index contributed by atoms with van der Waals surface area (Å²) < 4.78 is 5.53. The highest BCUT2D eigenvalue weighted by molar-refractivity contribution is 6.22. The summed E-state index contributed by atoms with van der Waals surface area (Å²) in [7, 11) is 0. The molecule has 0 saturated carbocycles. The number of para-hydroxylation sites is 1. The van der Waals surface area contributed by atoms with Crippen molar-refractivity contribution in [2.45, 2.75) is 13.3 Å². The second-order valence-corrected chi connectivity index (χ2v) is 6.69. The van der Waals surface area contributed by atoms with Gasteiger partial charge in [0.05, 0.1) is 11.1 Å². The molecule has 0 unspecified atom stereocenters. The molecule has 2 aromatic rings. The number of hydrogen-bond donors (Lipinski definition) is 2. The van der Waals surface area contributed by atoms with Crippen molar-refractivity contribution in [1.29, 1.82) is 0 Å². The zero-order chi connectivity index (χ0) is 21.5. The van der Waals surface area contributed by atoms with Crippen molar-refractivity contribution in [1.82, 2.24) is 15.5 Å². The topological polar surface area (TPSA) is 105 Å². The molecule has 0 saturated heterocycles. The zero-order valence-corrected chi connectivity index (χ0v) is 16.6. The van der Waals surface area contributed by atoms with Crippen molar-refractivity contribution in [3.63, 3.8) is 0 Å². The first-order valence-electron chi connectivity index (χ1n) is 9.70. The van der Waals surface area contributed by atoms with Crippen molar-refractivity contribution in [3.8, 4) is 5.75 Å². The predicted molar refractivity (Wildman–Crippen MR) is 109 cm³/mol. The predicted octanol–water partition coefficient (Wildman–Crippen LogP) is 1.16. The van der Waals surface area contributed by atoms with Gasteiger partial charge in [-0.3, -0.25) is 24.1 Å². The van der Waals surface area contributed by atoms with E-state index in [1.54, 1.807) is 24.3 Å². The molecule has 0 bridgehead atoms. The fourth-order valence-corrected chi connectivity index (χ4v) is 3.12. The highest BCUT2D eigenvalue weighted by Gasteiger charge is 2.36. The van der Waals surface area contributed by atoms with E-state index in [9.17, 15) is 19.2 Å². The van der Waals surface area contributed by atoms with Crippen LogP contribution in [-0.4, -0.2) is 54.8 Å². The highest BCUT2D eigenvalue weighted by Crippen LogP contribution is 2.21. The van der Waals surface area contributed by atoms with Crippen LogP contribution in [0.2, 0.25) is 0 Å². The van der Waals surface area contributed by atoms with Gasteiger partial charge < -0.3 is 15.4 Å². The van der Waals surface area contributed by atoms with Crippen molar-refractivity contribution in [3.05, 3.63) is 65.2 Å². The summed E-state index contributed by atoms with van der Waals surface area (Å²) in [6.45, 7) is 1.88. The lowest BCUT2D eigenvalue weighted by Crippen LogP contribution is -2.43. The molecule has 0 fully saturated rings. The molecule has 0 aliphatic carbocycles. The van der Waals surface area contributed by atoms with Crippen LogP contribution in [0.5, 0.6) is 5.75 Å². The Hall–Kier alpha value is -3.68. The van der Waals surface area contributed by atoms with E-state index in [2.05, 4.69) is 10.6 Å². The molecule has 1 aliphatic rings. The summed E-state index contributed by atoms with van der Waals surface area (Å²) in [6.07, 6.45) is 0.803. The SMILES string of the molecule is CCc1ccccc1OCC(=O)NCCNC(=O)CN1C(=O)c2ccccc2C1=O. The molecule has 0 spiro atoms. The number of amides is 4. The van der Waals surface area contributed by atoms with Gasteiger partial charge in [-0.15, -0.1) is 0 Å². The van der Waals surface area contributed by atoms with Crippen LogP contribution in [0.25, 0.3) is 0 Å². The maximum absolute atomic E-state index is 12.3. The molecule has 1 heterocycles. The first kappa shape index (κ1) is 21.0. The van der Waals surface area contributed by atoms with Crippen LogP contribution < -0.4 is 15.4 Å². The zero-order valence-electron chi connectivity index (χ0n) is 16.6. The minimum atomic E-state index is -0.483. The van der Waals surface area contributed by atoms with Gasteiger partial charge in [0, 0.05) is 13.1 Å². The standard InChI is InChI=1S/C22H23N3O5/c1-2-15-7-3-6-10-18(15)30-14-20(27)24-12-11-23-19(26)13-25-21(28)16-8-4-5-9-17(16)22(25)29/h3-10H,2,11-14H2,1H3,(H,23,26)(H,24,27). The van der Waals surface area contributed by atoms with E-state index >= 15 is 0 Å². The third kappa shape index (κ3) is 4.83. The number of ether oxygens (including phenoxy) is 1. The van der Waals surface area contributed by atoms with Crippen LogP contribution in [0.3, 0.4) is 0 Å². The molecular weight excluding hydrogens is 386 g/mol. The van der Waals surface area contributed by atoms with Crippen molar-refractivity contribution < 1.29 is 23.9 Å². The molecule has 2 N–H and O–H groups in total. The van der Waals surface area contributed by atoms with E-state index < -0.39 is 17.7 Å². The Bertz CT molecular complexity index is 938. The third-order valence-corrected chi connectivity index (χ3v) is 4.66. The number of nitrogens with one attached hydrogen (secondary N) is 2. The number of hydrogen-bond acceptors (Lipinski definition) is 5. The summed E-state index contributed by atoms with van der Waals surface area (Å²) in [5, 5.41) is 5.23. The highest BCUT2D eigenvalue weighted by atomic mass is 16.5. The third-order valence-electron chi connectivity index (χ3n) is 4.66. The molecule has 2 aromatic carbocycles. The van der Waals surface area contributed by atoms with E-state index in [4.69, 9.17) is 4.74 Å². The van der Waals surface area contributed by atoms with Gasteiger partial charge in [-0.1, -0.05) is 37.3 Å². The fraction of sp³-hybridized carbons (Fsp3) is 0.273. The van der Waals surface area contributed by atoms with Gasteiger partial charge in [0.2, 0.25) is 5.91 Å². The number of fused-ring (bicyclic) bond motifs is 1. The van der Waals surface area contributed by atoms with Gasteiger partial charge in [-0.25, -0.2) is 0 Å². The number of nitrogens with zero attached hydrogens (tertiary/aromatic N) is 1. The molecule has 8 heteroatoms. The van der Waals surface area contributed by atoms with E-state index in [0.717, 1.165) is 16.9 Å². The lowest BCUT2D eigenvalue weighted by molar-refractivity contribution is -0.124. The molecule has 3 rings (SSSR count). The molecule has 0 radical (unpaired) electrons. The number of aryl methyl sites for hydroxylation is 1.